The van der Waals surface area contributed by atoms with Gasteiger partial charge in [-0.3, -0.25) is 4.79 Å². The van der Waals surface area contributed by atoms with Gasteiger partial charge >= 0.3 is 5.97 Å². The zero-order valence-corrected chi connectivity index (χ0v) is 14.4. The van der Waals surface area contributed by atoms with Gasteiger partial charge < -0.3 is 10.1 Å². The molecular formula is C19H16N2O3S. The molecule has 0 saturated heterocycles. The third-order valence-electron chi connectivity index (χ3n) is 3.52. The number of aromatic nitrogens is 1. The lowest BCUT2D eigenvalue weighted by atomic mass is 10.2. The van der Waals surface area contributed by atoms with Crippen LogP contribution in [0.1, 0.15) is 10.5 Å². The number of fused-ring (bicyclic) bond motifs is 1. The number of hydrogen-bond donors (Lipinski definition) is 1. The van der Waals surface area contributed by atoms with Crippen LogP contribution >= 0.6 is 11.8 Å². The number of esters is 1. The monoisotopic (exact) mass is 352 g/mol. The van der Waals surface area contributed by atoms with E-state index in [2.05, 4.69) is 10.3 Å². The number of amides is 1. The highest BCUT2D eigenvalue weighted by atomic mass is 32.2. The molecule has 1 heterocycles. The first-order valence-electron chi connectivity index (χ1n) is 7.63. The van der Waals surface area contributed by atoms with Crippen LogP contribution in [0, 0.1) is 0 Å². The first kappa shape index (κ1) is 17.0. The molecule has 0 radical (unpaired) electrons. The van der Waals surface area contributed by atoms with E-state index in [9.17, 15) is 9.59 Å². The van der Waals surface area contributed by atoms with Crippen molar-refractivity contribution in [2.45, 2.75) is 4.90 Å². The van der Waals surface area contributed by atoms with Crippen molar-refractivity contribution in [1.29, 1.82) is 0 Å². The molecule has 0 aliphatic rings. The fourth-order valence-electron chi connectivity index (χ4n) is 2.32. The number of carbonyl (C=O) groups excluding carboxylic acids is 2. The van der Waals surface area contributed by atoms with Crippen LogP contribution < -0.4 is 5.32 Å². The van der Waals surface area contributed by atoms with E-state index < -0.39 is 11.9 Å². The fourth-order valence-corrected chi connectivity index (χ4v) is 2.87. The Labute approximate surface area is 149 Å². The van der Waals surface area contributed by atoms with E-state index in [1.807, 2.05) is 48.7 Å². The van der Waals surface area contributed by atoms with Crippen molar-refractivity contribution in [2.24, 2.45) is 0 Å². The molecule has 126 valence electrons. The molecule has 0 bridgehead atoms. The van der Waals surface area contributed by atoms with E-state index in [1.165, 1.54) is 11.8 Å². The van der Waals surface area contributed by atoms with Crippen LogP contribution in [0.4, 0.5) is 5.69 Å². The van der Waals surface area contributed by atoms with Gasteiger partial charge in [0.1, 0.15) is 5.69 Å². The summed E-state index contributed by atoms with van der Waals surface area (Å²) in [5, 5.41) is 3.68. The first-order chi connectivity index (χ1) is 12.2. The highest BCUT2D eigenvalue weighted by molar-refractivity contribution is 7.98. The summed E-state index contributed by atoms with van der Waals surface area (Å²) in [6.07, 6.45) is 1.93. The molecule has 6 heteroatoms. The van der Waals surface area contributed by atoms with Crippen molar-refractivity contribution in [3.63, 3.8) is 0 Å². The Bertz CT molecular complexity index is 927. The lowest BCUT2D eigenvalue weighted by molar-refractivity contribution is -0.119. The molecule has 0 spiro atoms. The van der Waals surface area contributed by atoms with E-state index in [1.54, 1.807) is 18.2 Å². The molecule has 0 atom stereocenters. The van der Waals surface area contributed by atoms with E-state index in [0.29, 0.717) is 11.2 Å². The van der Waals surface area contributed by atoms with E-state index in [-0.39, 0.29) is 12.3 Å². The van der Waals surface area contributed by atoms with Gasteiger partial charge in [0.25, 0.3) is 5.91 Å². The van der Waals surface area contributed by atoms with Crippen LogP contribution in [0.2, 0.25) is 0 Å². The Morgan fingerprint density at radius 2 is 1.80 bits per heavy atom. The molecule has 0 aliphatic carbocycles. The SMILES string of the molecule is CSc1ccccc1NC(=O)COC(=O)c1ccc2ccccc2n1. The van der Waals surface area contributed by atoms with Crippen LogP contribution in [0.5, 0.6) is 0 Å². The highest BCUT2D eigenvalue weighted by Crippen LogP contribution is 2.24. The summed E-state index contributed by atoms with van der Waals surface area (Å²) in [4.78, 5) is 29.3. The third-order valence-corrected chi connectivity index (χ3v) is 4.32. The van der Waals surface area contributed by atoms with E-state index in [0.717, 1.165) is 10.3 Å². The maximum atomic E-state index is 12.1. The summed E-state index contributed by atoms with van der Waals surface area (Å²) in [7, 11) is 0. The van der Waals surface area contributed by atoms with Gasteiger partial charge in [0.2, 0.25) is 0 Å². The smallest absolute Gasteiger partial charge is 0.357 e. The summed E-state index contributed by atoms with van der Waals surface area (Å²) in [6.45, 7) is -0.365. The lowest BCUT2D eigenvalue weighted by Gasteiger charge is -2.09. The molecule has 0 saturated carbocycles. The van der Waals surface area contributed by atoms with Crippen molar-refractivity contribution in [1.82, 2.24) is 4.98 Å². The minimum atomic E-state index is -0.626. The standard InChI is InChI=1S/C19H16N2O3S/c1-25-17-9-5-4-8-15(17)21-18(22)12-24-19(23)16-11-10-13-6-2-3-7-14(13)20-16/h2-11H,12H2,1H3,(H,21,22). The third kappa shape index (κ3) is 4.16. The molecule has 5 nitrogen and oxygen atoms in total. The number of para-hydroxylation sites is 2. The average Bonchev–Trinajstić information content (AvgIpc) is 2.66. The fraction of sp³-hybridized carbons (Fsp3) is 0.105. The summed E-state index contributed by atoms with van der Waals surface area (Å²) < 4.78 is 5.06. The Kier molecular flexibility index (Phi) is 5.30. The zero-order valence-electron chi connectivity index (χ0n) is 13.6. The van der Waals surface area contributed by atoms with Crippen LogP contribution in [-0.2, 0) is 9.53 Å². The second kappa shape index (κ2) is 7.81. The molecule has 1 N–H and O–H groups in total. The molecule has 2 aromatic carbocycles. The normalized spacial score (nSPS) is 10.4. The Morgan fingerprint density at radius 1 is 1.04 bits per heavy atom. The quantitative estimate of drug-likeness (QED) is 0.559. The molecule has 3 aromatic rings. The van der Waals surface area contributed by atoms with Crippen molar-refractivity contribution < 1.29 is 14.3 Å². The summed E-state index contributed by atoms with van der Waals surface area (Å²) >= 11 is 1.53. The topological polar surface area (TPSA) is 68.3 Å². The Balaban J connectivity index is 1.62. The summed E-state index contributed by atoms with van der Waals surface area (Å²) in [5.41, 5.74) is 1.58. The number of rotatable bonds is 5. The molecule has 25 heavy (non-hydrogen) atoms. The average molecular weight is 352 g/mol. The van der Waals surface area contributed by atoms with Gasteiger partial charge in [0, 0.05) is 10.3 Å². The van der Waals surface area contributed by atoms with E-state index >= 15 is 0 Å². The number of pyridine rings is 1. The summed E-state index contributed by atoms with van der Waals surface area (Å²) in [5.74, 6) is -1.02. The molecule has 0 unspecified atom stereocenters. The molecule has 0 aliphatic heterocycles. The largest absolute Gasteiger partial charge is 0.451 e. The molecule has 1 aromatic heterocycles. The number of nitrogens with one attached hydrogen (secondary N) is 1. The lowest BCUT2D eigenvalue weighted by Crippen LogP contribution is -2.21. The van der Waals surface area contributed by atoms with Crippen molar-refractivity contribution in [3.8, 4) is 0 Å². The van der Waals surface area contributed by atoms with Gasteiger partial charge in [-0.1, -0.05) is 36.4 Å². The predicted octanol–water partition coefficient (Wildman–Crippen LogP) is 3.75. The first-order valence-corrected chi connectivity index (χ1v) is 8.85. The van der Waals surface area contributed by atoms with Crippen LogP contribution in [0.25, 0.3) is 10.9 Å². The number of thioether (sulfide) groups is 1. The molecular weight excluding hydrogens is 336 g/mol. The number of ether oxygens (including phenoxy) is 1. The minimum absolute atomic E-state index is 0.177. The van der Waals surface area contributed by atoms with Gasteiger partial charge in [-0.05, 0) is 30.5 Å². The number of hydrogen-bond acceptors (Lipinski definition) is 5. The van der Waals surface area contributed by atoms with Crippen LogP contribution in [0.15, 0.2) is 65.6 Å². The maximum Gasteiger partial charge on any atom is 0.357 e. The predicted molar refractivity (Wildman–Crippen MR) is 98.9 cm³/mol. The molecule has 3 rings (SSSR count). The van der Waals surface area contributed by atoms with Gasteiger partial charge in [0.15, 0.2) is 6.61 Å². The maximum absolute atomic E-state index is 12.1. The highest BCUT2D eigenvalue weighted by Gasteiger charge is 2.13. The van der Waals surface area contributed by atoms with Gasteiger partial charge in [0.05, 0.1) is 11.2 Å². The van der Waals surface area contributed by atoms with Crippen LogP contribution in [-0.4, -0.2) is 29.7 Å². The Hall–Kier alpha value is -2.86. The number of nitrogens with zero attached hydrogens (tertiary/aromatic N) is 1. The minimum Gasteiger partial charge on any atom is -0.451 e. The summed E-state index contributed by atoms with van der Waals surface area (Å²) in [6, 6.07) is 18.3. The van der Waals surface area contributed by atoms with Gasteiger partial charge in [-0.25, -0.2) is 9.78 Å². The van der Waals surface area contributed by atoms with Crippen molar-refractivity contribution in [2.75, 3.05) is 18.2 Å². The van der Waals surface area contributed by atoms with Crippen molar-refractivity contribution in [3.05, 3.63) is 66.4 Å². The number of anilines is 1. The van der Waals surface area contributed by atoms with E-state index in [4.69, 9.17) is 4.74 Å². The van der Waals surface area contributed by atoms with Crippen LogP contribution in [0.3, 0.4) is 0 Å². The molecule has 0 fully saturated rings. The number of carbonyl (C=O) groups is 2. The van der Waals surface area contributed by atoms with Gasteiger partial charge in [-0.15, -0.1) is 11.8 Å². The Morgan fingerprint density at radius 3 is 2.64 bits per heavy atom. The van der Waals surface area contributed by atoms with Gasteiger partial charge in [-0.2, -0.15) is 0 Å². The zero-order chi connectivity index (χ0) is 17.6. The second-order valence-corrected chi connectivity index (χ2v) is 6.06. The van der Waals surface area contributed by atoms with Crippen molar-refractivity contribution >= 4 is 40.2 Å². The number of benzene rings is 2. The second-order valence-electron chi connectivity index (χ2n) is 5.21. The molecule has 1 amide bonds.